The van der Waals surface area contributed by atoms with Crippen LogP contribution < -0.4 is 0 Å². The third kappa shape index (κ3) is 4.71. The highest BCUT2D eigenvalue weighted by Crippen LogP contribution is 2.28. The lowest BCUT2D eigenvalue weighted by molar-refractivity contribution is -0.384. The Morgan fingerprint density at radius 3 is 2.53 bits per heavy atom. The molecular weight excluding hydrogens is 436 g/mol. The largest absolute Gasteiger partial charge is 0.350 e. The second-order valence-corrected chi connectivity index (χ2v) is 8.62. The van der Waals surface area contributed by atoms with E-state index in [0.29, 0.717) is 32.0 Å². The molecule has 34 heavy (non-hydrogen) atoms. The number of amides is 1. The molecule has 5 rings (SSSR count). The van der Waals surface area contributed by atoms with Gasteiger partial charge in [0, 0.05) is 48.5 Å². The number of benzene rings is 2. The molecule has 0 bridgehead atoms. The number of para-hydroxylation sites is 1. The molecule has 3 heterocycles. The number of carbonyl (C=O) groups is 1. The molecule has 0 N–H and O–H groups in total. The molecule has 0 aliphatic carbocycles. The number of rotatable bonds is 6. The lowest BCUT2D eigenvalue weighted by atomic mass is 9.96. The number of piperidine rings is 1. The number of hydrogen-bond acceptors (Lipinski definition) is 6. The van der Waals surface area contributed by atoms with Gasteiger partial charge in [-0.2, -0.15) is 5.10 Å². The molecule has 9 nitrogen and oxygen atoms in total. The molecular formula is C25H26N4O5. The Kier molecular flexibility index (Phi) is 6.37. The number of carbonyl (C=O) groups excluding carboxylic acids is 1. The summed E-state index contributed by atoms with van der Waals surface area (Å²) in [7, 11) is 0. The lowest BCUT2D eigenvalue weighted by Gasteiger charge is -2.34. The smallest absolute Gasteiger partial charge is 0.269 e. The predicted octanol–water partition coefficient (Wildman–Crippen LogP) is 3.60. The van der Waals surface area contributed by atoms with E-state index in [1.54, 1.807) is 16.8 Å². The van der Waals surface area contributed by atoms with Gasteiger partial charge in [-0.15, -0.1) is 0 Å². The average molecular weight is 463 g/mol. The fraction of sp³-hybridized carbons (Fsp3) is 0.360. The normalized spacial score (nSPS) is 18.8. The minimum Gasteiger partial charge on any atom is -0.350 e. The van der Waals surface area contributed by atoms with Gasteiger partial charge in [0.15, 0.2) is 6.29 Å². The predicted molar refractivity (Wildman–Crippen MR) is 124 cm³/mol. The molecule has 3 aromatic rings. The van der Waals surface area contributed by atoms with E-state index in [-0.39, 0.29) is 30.2 Å². The zero-order chi connectivity index (χ0) is 23.5. The van der Waals surface area contributed by atoms with Gasteiger partial charge in [-0.3, -0.25) is 14.9 Å². The molecule has 1 unspecified atom stereocenters. The van der Waals surface area contributed by atoms with E-state index in [4.69, 9.17) is 14.6 Å². The summed E-state index contributed by atoms with van der Waals surface area (Å²) in [6, 6.07) is 15.9. The van der Waals surface area contributed by atoms with Crippen molar-refractivity contribution in [3.63, 3.8) is 0 Å². The highest BCUT2D eigenvalue weighted by molar-refractivity contribution is 5.81. The van der Waals surface area contributed by atoms with E-state index < -0.39 is 4.92 Å². The number of nitro benzene ring substituents is 1. The van der Waals surface area contributed by atoms with Crippen LogP contribution in [0.15, 0.2) is 60.8 Å². The van der Waals surface area contributed by atoms with E-state index in [9.17, 15) is 14.9 Å². The van der Waals surface area contributed by atoms with Gasteiger partial charge in [-0.25, -0.2) is 4.68 Å². The Labute approximate surface area is 197 Å². The van der Waals surface area contributed by atoms with Crippen LogP contribution in [-0.4, -0.2) is 58.1 Å². The fourth-order valence-corrected chi connectivity index (χ4v) is 4.62. The van der Waals surface area contributed by atoms with Crippen LogP contribution in [0, 0.1) is 16.0 Å². The summed E-state index contributed by atoms with van der Waals surface area (Å²) in [5.74, 6) is 0.208. The third-order valence-electron chi connectivity index (χ3n) is 6.35. The molecule has 2 aliphatic rings. The van der Waals surface area contributed by atoms with Gasteiger partial charge >= 0.3 is 0 Å². The van der Waals surface area contributed by atoms with E-state index in [1.165, 1.54) is 12.1 Å². The molecule has 1 amide bonds. The van der Waals surface area contributed by atoms with Crippen molar-refractivity contribution in [2.24, 2.45) is 5.92 Å². The topological polar surface area (TPSA) is 99.7 Å². The van der Waals surface area contributed by atoms with Crippen molar-refractivity contribution in [2.75, 3.05) is 26.3 Å². The monoisotopic (exact) mass is 462 g/mol. The maximum Gasteiger partial charge on any atom is 0.269 e. The Morgan fingerprint density at radius 2 is 1.82 bits per heavy atom. The molecule has 1 aromatic heterocycles. The number of ether oxygens (including phenoxy) is 2. The highest BCUT2D eigenvalue weighted by atomic mass is 16.7. The quantitative estimate of drug-likeness (QED) is 0.410. The van der Waals surface area contributed by atoms with Crippen LogP contribution in [0.1, 0.15) is 18.4 Å². The highest BCUT2D eigenvalue weighted by Gasteiger charge is 2.33. The molecule has 2 saturated heterocycles. The van der Waals surface area contributed by atoms with Crippen molar-refractivity contribution >= 4 is 11.6 Å². The van der Waals surface area contributed by atoms with E-state index in [2.05, 4.69) is 0 Å². The molecule has 2 aromatic carbocycles. The van der Waals surface area contributed by atoms with Gasteiger partial charge in [0.1, 0.15) is 0 Å². The number of likely N-dealkylation sites (tertiary alicyclic amines) is 1. The van der Waals surface area contributed by atoms with Crippen molar-refractivity contribution in [3.8, 4) is 16.9 Å². The van der Waals surface area contributed by atoms with Crippen LogP contribution >= 0.6 is 0 Å². The number of hydrogen-bond donors (Lipinski definition) is 0. The second-order valence-electron chi connectivity index (χ2n) is 8.62. The van der Waals surface area contributed by atoms with Crippen molar-refractivity contribution in [2.45, 2.75) is 25.6 Å². The minimum atomic E-state index is -0.429. The van der Waals surface area contributed by atoms with Gasteiger partial charge in [0.05, 0.1) is 35.9 Å². The van der Waals surface area contributed by atoms with Crippen LogP contribution in [0.3, 0.4) is 0 Å². The summed E-state index contributed by atoms with van der Waals surface area (Å²) in [4.78, 5) is 25.8. The molecule has 9 heteroatoms. The van der Waals surface area contributed by atoms with Crippen molar-refractivity contribution in [1.29, 1.82) is 0 Å². The standard InChI is InChI=1S/C25H26N4O5/c30-23(27-12-4-5-19(16-27)25-33-13-14-34-25)15-20-17-28(21-6-2-1-3-7-21)26-24(20)18-8-10-22(11-9-18)29(31)32/h1-3,6-11,17,19,25H,4-5,12-16H2. The van der Waals surface area contributed by atoms with Gasteiger partial charge in [0.25, 0.3) is 5.69 Å². The third-order valence-corrected chi connectivity index (χ3v) is 6.35. The zero-order valence-electron chi connectivity index (χ0n) is 18.7. The maximum absolute atomic E-state index is 13.3. The SMILES string of the molecule is O=C(Cc1cn(-c2ccccc2)nc1-c1ccc([N+](=O)[O-])cc1)N1CCCC(C2OCCO2)C1. The van der Waals surface area contributed by atoms with Crippen LogP contribution in [0.2, 0.25) is 0 Å². The molecule has 1 atom stereocenters. The first kappa shape index (κ1) is 22.2. The molecule has 176 valence electrons. The van der Waals surface area contributed by atoms with Crippen molar-refractivity contribution in [1.82, 2.24) is 14.7 Å². The number of non-ortho nitro benzene ring substituents is 1. The summed E-state index contributed by atoms with van der Waals surface area (Å²) in [6.45, 7) is 2.53. The first-order chi connectivity index (χ1) is 16.6. The zero-order valence-corrected chi connectivity index (χ0v) is 18.7. The molecule has 0 saturated carbocycles. The molecule has 0 spiro atoms. The Morgan fingerprint density at radius 1 is 1.09 bits per heavy atom. The summed E-state index contributed by atoms with van der Waals surface area (Å²) in [5, 5.41) is 15.8. The maximum atomic E-state index is 13.3. The first-order valence-electron chi connectivity index (χ1n) is 11.5. The van der Waals surface area contributed by atoms with Crippen molar-refractivity contribution < 1.29 is 19.2 Å². The van der Waals surface area contributed by atoms with Crippen molar-refractivity contribution in [3.05, 3.63) is 76.5 Å². The van der Waals surface area contributed by atoms with Gasteiger partial charge in [-0.1, -0.05) is 18.2 Å². The number of nitro groups is 1. The average Bonchev–Trinajstić information content (AvgIpc) is 3.56. The number of nitrogens with zero attached hydrogens (tertiary/aromatic N) is 4. The van der Waals surface area contributed by atoms with Crippen LogP contribution in [0.5, 0.6) is 0 Å². The molecule has 0 radical (unpaired) electrons. The fourth-order valence-electron chi connectivity index (χ4n) is 4.62. The van der Waals surface area contributed by atoms with E-state index >= 15 is 0 Å². The second kappa shape index (κ2) is 9.74. The summed E-state index contributed by atoms with van der Waals surface area (Å²) >= 11 is 0. The summed E-state index contributed by atoms with van der Waals surface area (Å²) in [5.41, 5.74) is 3.03. The first-order valence-corrected chi connectivity index (χ1v) is 11.5. The van der Waals surface area contributed by atoms with Crippen LogP contribution in [0.25, 0.3) is 16.9 Å². The Hall–Kier alpha value is -3.56. The Bertz CT molecular complexity index is 1160. The van der Waals surface area contributed by atoms with Gasteiger partial charge in [0.2, 0.25) is 5.91 Å². The molecule has 2 fully saturated rings. The van der Waals surface area contributed by atoms with E-state index in [1.807, 2.05) is 41.4 Å². The minimum absolute atomic E-state index is 0.0135. The van der Waals surface area contributed by atoms with Gasteiger partial charge < -0.3 is 14.4 Å². The number of aromatic nitrogens is 2. The summed E-state index contributed by atoms with van der Waals surface area (Å²) in [6.07, 6.45) is 3.73. The summed E-state index contributed by atoms with van der Waals surface area (Å²) < 4.78 is 13.1. The lowest BCUT2D eigenvalue weighted by Crippen LogP contribution is -2.44. The van der Waals surface area contributed by atoms with Gasteiger partial charge in [-0.05, 0) is 37.1 Å². The van der Waals surface area contributed by atoms with Crippen LogP contribution in [-0.2, 0) is 20.7 Å². The molecule has 2 aliphatic heterocycles. The van der Waals surface area contributed by atoms with Crippen LogP contribution in [0.4, 0.5) is 5.69 Å². The Balaban J connectivity index is 1.40. The van der Waals surface area contributed by atoms with E-state index in [0.717, 1.165) is 29.7 Å².